The number of halogens is 1. The number of hydrogen-bond donors (Lipinski definition) is 2. The van der Waals surface area contributed by atoms with E-state index < -0.39 is 5.82 Å². The molecule has 2 rings (SSSR count). The lowest BCUT2D eigenvalue weighted by molar-refractivity contribution is 0.0785. The van der Waals surface area contributed by atoms with Crippen LogP contribution in [0.1, 0.15) is 21.5 Å². The Morgan fingerprint density at radius 3 is 2.67 bits per heavy atom. The van der Waals surface area contributed by atoms with Crippen LogP contribution in [0.4, 0.5) is 10.1 Å². The molecule has 21 heavy (non-hydrogen) atoms. The van der Waals surface area contributed by atoms with Gasteiger partial charge >= 0.3 is 0 Å². The summed E-state index contributed by atoms with van der Waals surface area (Å²) >= 11 is 0. The molecule has 0 aliphatic heterocycles. The van der Waals surface area contributed by atoms with Crippen molar-refractivity contribution >= 4 is 11.6 Å². The number of nitrogen functional groups attached to an aromatic ring is 1. The Bertz CT molecular complexity index is 658. The van der Waals surface area contributed by atoms with Gasteiger partial charge in [-0.3, -0.25) is 10.6 Å². The van der Waals surface area contributed by atoms with Gasteiger partial charge in [-0.05, 0) is 24.6 Å². The maximum absolute atomic E-state index is 13.6. The molecule has 0 radical (unpaired) electrons. The summed E-state index contributed by atoms with van der Waals surface area (Å²) in [6.45, 7) is 2.44. The van der Waals surface area contributed by atoms with E-state index in [9.17, 15) is 9.18 Å². The van der Waals surface area contributed by atoms with Gasteiger partial charge in [0.25, 0.3) is 5.91 Å². The molecule has 0 atom stereocenters. The fourth-order valence-electron chi connectivity index (χ4n) is 2.21. The number of rotatable bonds is 4. The summed E-state index contributed by atoms with van der Waals surface area (Å²) in [6.07, 6.45) is 0. The van der Waals surface area contributed by atoms with Crippen LogP contribution in [-0.4, -0.2) is 17.9 Å². The van der Waals surface area contributed by atoms with Crippen molar-refractivity contribution in [3.8, 4) is 0 Å². The molecule has 4 nitrogen and oxygen atoms in total. The lowest BCUT2D eigenvalue weighted by Crippen LogP contribution is -2.28. The zero-order valence-corrected chi connectivity index (χ0v) is 12.1. The highest BCUT2D eigenvalue weighted by molar-refractivity contribution is 5.99. The number of nitrogens with one attached hydrogen (secondary N) is 1. The first-order valence-corrected chi connectivity index (χ1v) is 6.59. The highest BCUT2D eigenvalue weighted by Crippen LogP contribution is 2.20. The van der Waals surface area contributed by atoms with E-state index in [-0.39, 0.29) is 17.2 Å². The van der Waals surface area contributed by atoms with Crippen molar-refractivity contribution in [2.24, 2.45) is 5.84 Å². The van der Waals surface area contributed by atoms with Gasteiger partial charge < -0.3 is 10.3 Å². The van der Waals surface area contributed by atoms with Gasteiger partial charge in [-0.15, -0.1) is 0 Å². The summed E-state index contributed by atoms with van der Waals surface area (Å²) in [5, 5.41) is 0. The molecule has 1 amide bonds. The fourth-order valence-corrected chi connectivity index (χ4v) is 2.21. The quantitative estimate of drug-likeness (QED) is 0.671. The molecule has 0 aliphatic carbocycles. The van der Waals surface area contributed by atoms with Crippen LogP contribution in [0.15, 0.2) is 42.5 Å². The Morgan fingerprint density at radius 2 is 2.00 bits per heavy atom. The minimum absolute atomic E-state index is 0.0126. The topological polar surface area (TPSA) is 58.4 Å². The summed E-state index contributed by atoms with van der Waals surface area (Å²) in [5.74, 6) is 4.46. The van der Waals surface area contributed by atoms with Crippen molar-refractivity contribution in [3.63, 3.8) is 0 Å². The van der Waals surface area contributed by atoms with E-state index in [0.29, 0.717) is 6.54 Å². The molecule has 0 aromatic heterocycles. The third kappa shape index (κ3) is 3.38. The first kappa shape index (κ1) is 15.0. The molecular weight excluding hydrogens is 269 g/mol. The number of anilines is 1. The number of carbonyl (C=O) groups excluding carboxylic acids is 1. The van der Waals surface area contributed by atoms with Crippen molar-refractivity contribution in [2.75, 3.05) is 12.5 Å². The molecule has 0 saturated heterocycles. The normalized spacial score (nSPS) is 10.3. The van der Waals surface area contributed by atoms with Gasteiger partial charge in [-0.1, -0.05) is 35.9 Å². The van der Waals surface area contributed by atoms with Crippen molar-refractivity contribution in [3.05, 3.63) is 65.0 Å². The van der Waals surface area contributed by atoms with E-state index in [1.165, 1.54) is 17.0 Å². The van der Waals surface area contributed by atoms with Gasteiger partial charge in [-0.25, -0.2) is 4.39 Å². The molecule has 110 valence electrons. The first-order chi connectivity index (χ1) is 10.0. The van der Waals surface area contributed by atoms with E-state index in [0.717, 1.165) is 11.1 Å². The van der Waals surface area contributed by atoms with Crippen LogP contribution >= 0.6 is 0 Å². The van der Waals surface area contributed by atoms with Crippen LogP contribution in [0.25, 0.3) is 0 Å². The number of hydrogen-bond acceptors (Lipinski definition) is 3. The maximum Gasteiger partial charge on any atom is 0.256 e. The number of nitrogens with zero attached hydrogens (tertiary/aromatic N) is 1. The average Bonchev–Trinajstić information content (AvgIpc) is 2.46. The number of para-hydroxylation sites is 1. The number of aryl methyl sites for hydroxylation is 1. The van der Waals surface area contributed by atoms with Crippen LogP contribution in [-0.2, 0) is 6.54 Å². The SMILES string of the molecule is Cc1cccc(CN(C)C(=O)c2cccc(F)c2NN)c1. The molecule has 3 N–H and O–H groups in total. The number of benzene rings is 2. The van der Waals surface area contributed by atoms with Crippen molar-refractivity contribution < 1.29 is 9.18 Å². The smallest absolute Gasteiger partial charge is 0.256 e. The Balaban J connectivity index is 2.22. The van der Waals surface area contributed by atoms with Gasteiger partial charge in [0.1, 0.15) is 5.82 Å². The summed E-state index contributed by atoms with van der Waals surface area (Å²) in [5.41, 5.74) is 4.62. The molecule has 5 heteroatoms. The van der Waals surface area contributed by atoms with E-state index >= 15 is 0 Å². The minimum atomic E-state index is -0.549. The molecule has 0 aliphatic rings. The Kier molecular flexibility index (Phi) is 4.55. The molecule has 0 saturated carbocycles. The maximum atomic E-state index is 13.6. The monoisotopic (exact) mass is 287 g/mol. The standard InChI is InChI=1S/C16H18FN3O/c1-11-5-3-6-12(9-11)10-20(2)16(21)13-7-4-8-14(17)15(13)19-18/h3-9,19H,10,18H2,1-2H3. The lowest BCUT2D eigenvalue weighted by atomic mass is 10.1. The number of hydrazine groups is 1. The van der Waals surface area contributed by atoms with Crippen LogP contribution in [0, 0.1) is 12.7 Å². The average molecular weight is 287 g/mol. The Morgan fingerprint density at radius 1 is 1.29 bits per heavy atom. The third-order valence-electron chi connectivity index (χ3n) is 3.24. The zero-order chi connectivity index (χ0) is 15.4. The zero-order valence-electron chi connectivity index (χ0n) is 12.1. The summed E-state index contributed by atoms with van der Waals surface area (Å²) in [4.78, 5) is 14.0. The number of carbonyl (C=O) groups is 1. The predicted octanol–water partition coefficient (Wildman–Crippen LogP) is 2.69. The molecule has 0 bridgehead atoms. The molecule has 0 spiro atoms. The molecule has 2 aromatic rings. The second-order valence-corrected chi connectivity index (χ2v) is 4.96. The fraction of sp³-hybridized carbons (Fsp3) is 0.188. The van der Waals surface area contributed by atoms with Crippen LogP contribution < -0.4 is 11.3 Å². The van der Waals surface area contributed by atoms with Gasteiger partial charge in [0.2, 0.25) is 0 Å². The van der Waals surface area contributed by atoms with Gasteiger partial charge in [0, 0.05) is 13.6 Å². The van der Waals surface area contributed by atoms with E-state index in [1.807, 2.05) is 31.2 Å². The largest absolute Gasteiger partial charge is 0.337 e. The van der Waals surface area contributed by atoms with Gasteiger partial charge in [0.05, 0.1) is 11.3 Å². The lowest BCUT2D eigenvalue weighted by Gasteiger charge is -2.19. The van der Waals surface area contributed by atoms with Crippen LogP contribution in [0.5, 0.6) is 0 Å². The molecule has 2 aromatic carbocycles. The second kappa shape index (κ2) is 6.37. The third-order valence-corrected chi connectivity index (χ3v) is 3.24. The number of amides is 1. The molecule has 0 fully saturated rings. The van der Waals surface area contributed by atoms with E-state index in [1.54, 1.807) is 13.1 Å². The first-order valence-electron chi connectivity index (χ1n) is 6.59. The van der Waals surface area contributed by atoms with Crippen molar-refractivity contribution in [1.82, 2.24) is 4.90 Å². The molecule has 0 heterocycles. The van der Waals surface area contributed by atoms with Crippen molar-refractivity contribution in [2.45, 2.75) is 13.5 Å². The summed E-state index contributed by atoms with van der Waals surface area (Å²) in [7, 11) is 1.68. The predicted molar refractivity (Wildman–Crippen MR) is 81.2 cm³/mol. The van der Waals surface area contributed by atoms with E-state index in [2.05, 4.69) is 5.43 Å². The Labute approximate surface area is 123 Å². The summed E-state index contributed by atoms with van der Waals surface area (Å²) in [6, 6.07) is 12.2. The Hall–Kier alpha value is -2.40. The van der Waals surface area contributed by atoms with E-state index in [4.69, 9.17) is 5.84 Å². The molecular formula is C16H18FN3O. The highest BCUT2D eigenvalue weighted by Gasteiger charge is 2.18. The highest BCUT2D eigenvalue weighted by atomic mass is 19.1. The minimum Gasteiger partial charge on any atom is -0.337 e. The van der Waals surface area contributed by atoms with Crippen LogP contribution in [0.3, 0.4) is 0 Å². The number of nitrogens with two attached hydrogens (primary N) is 1. The van der Waals surface area contributed by atoms with Gasteiger partial charge in [-0.2, -0.15) is 0 Å². The van der Waals surface area contributed by atoms with Crippen molar-refractivity contribution in [1.29, 1.82) is 0 Å². The second-order valence-electron chi connectivity index (χ2n) is 4.96. The molecule has 0 unspecified atom stereocenters. The summed E-state index contributed by atoms with van der Waals surface area (Å²) < 4.78 is 13.6. The van der Waals surface area contributed by atoms with Crippen LogP contribution in [0.2, 0.25) is 0 Å². The van der Waals surface area contributed by atoms with Gasteiger partial charge in [0.15, 0.2) is 0 Å².